The van der Waals surface area contributed by atoms with Gasteiger partial charge >= 0.3 is 5.97 Å². The van der Waals surface area contributed by atoms with Crippen molar-refractivity contribution >= 4 is 16.2 Å². The van der Waals surface area contributed by atoms with Gasteiger partial charge in [-0.05, 0) is 43.9 Å². The second-order valence-corrected chi connectivity index (χ2v) is 10.3. The molecule has 3 heteroatoms. The quantitative estimate of drug-likeness (QED) is 0.534. The molecular weight excluding hydrogens is 288 g/mol. The number of hydrogen-bond acceptors (Lipinski definition) is 2. The first-order valence-electron chi connectivity index (χ1n) is 9.76. The van der Waals surface area contributed by atoms with Gasteiger partial charge in [0, 0.05) is 10.2 Å². The molecule has 22 heavy (non-hydrogen) atoms. The summed E-state index contributed by atoms with van der Waals surface area (Å²) in [6.07, 6.45) is 15.3. The molecule has 0 aromatic carbocycles. The highest BCUT2D eigenvalue weighted by atomic mass is 28.1. The van der Waals surface area contributed by atoms with Crippen LogP contribution in [0.25, 0.3) is 0 Å². The van der Waals surface area contributed by atoms with E-state index >= 15 is 0 Å². The van der Waals surface area contributed by atoms with Crippen molar-refractivity contribution in [3.8, 4) is 0 Å². The van der Waals surface area contributed by atoms with Crippen molar-refractivity contribution in [3.05, 3.63) is 0 Å². The van der Waals surface area contributed by atoms with Crippen molar-refractivity contribution in [2.75, 3.05) is 0 Å². The summed E-state index contributed by atoms with van der Waals surface area (Å²) in [5, 5.41) is -0.185. The number of carbonyl (C=O) groups is 1. The highest BCUT2D eigenvalue weighted by Gasteiger charge is 2.42. The molecule has 128 valence electrons. The lowest BCUT2D eigenvalue weighted by atomic mass is 9.72. The Kier molecular flexibility index (Phi) is 6.98. The van der Waals surface area contributed by atoms with Crippen molar-refractivity contribution in [2.45, 2.75) is 102 Å². The average molecular weight is 325 g/mol. The van der Waals surface area contributed by atoms with Gasteiger partial charge in [0.2, 0.25) is 0 Å². The predicted octanol–water partition coefficient (Wildman–Crippen LogP) is 4.40. The minimum absolute atomic E-state index is 0.134. The summed E-state index contributed by atoms with van der Waals surface area (Å²) < 4.78 is 5.97. The number of ether oxygens (including phenoxy) is 1. The summed E-state index contributed by atoms with van der Waals surface area (Å²) in [6.45, 7) is 4.47. The monoisotopic (exact) mass is 324 g/mol. The van der Waals surface area contributed by atoms with Crippen LogP contribution in [0.3, 0.4) is 0 Å². The van der Waals surface area contributed by atoms with Gasteiger partial charge < -0.3 is 4.74 Å². The predicted molar refractivity (Wildman–Crippen MR) is 96.2 cm³/mol. The maximum atomic E-state index is 12.9. The molecule has 0 N–H and O–H groups in total. The van der Waals surface area contributed by atoms with E-state index in [1.165, 1.54) is 64.2 Å². The Morgan fingerprint density at radius 1 is 1.09 bits per heavy atom. The van der Waals surface area contributed by atoms with E-state index in [4.69, 9.17) is 4.74 Å². The van der Waals surface area contributed by atoms with Crippen LogP contribution in [0.4, 0.5) is 0 Å². The largest absolute Gasteiger partial charge is 0.462 e. The van der Waals surface area contributed by atoms with E-state index in [0.717, 1.165) is 29.0 Å². The third-order valence-corrected chi connectivity index (χ3v) is 7.25. The van der Waals surface area contributed by atoms with E-state index in [9.17, 15) is 4.79 Å². The number of esters is 1. The highest BCUT2D eigenvalue weighted by Crippen LogP contribution is 2.46. The topological polar surface area (TPSA) is 26.3 Å². The zero-order chi connectivity index (χ0) is 16.0. The van der Waals surface area contributed by atoms with Crippen LogP contribution in [0.1, 0.15) is 90.9 Å². The average Bonchev–Trinajstić information content (AvgIpc) is 2.54. The highest BCUT2D eigenvalue weighted by molar-refractivity contribution is 6.27. The molecule has 0 aromatic rings. The van der Waals surface area contributed by atoms with Gasteiger partial charge in [-0.15, -0.1) is 0 Å². The number of hydrogen-bond donors (Lipinski definition) is 0. The SMILES string of the molecule is CCCC(C1CCCCC1)C(C)([SiH3])C(=O)OC1CCCCC1. The smallest absolute Gasteiger partial charge is 0.308 e. The second-order valence-electron chi connectivity index (χ2n) is 8.18. The van der Waals surface area contributed by atoms with Crippen molar-refractivity contribution in [1.29, 1.82) is 0 Å². The molecule has 2 nitrogen and oxygen atoms in total. The molecule has 0 radical (unpaired) electrons. The van der Waals surface area contributed by atoms with Crippen LogP contribution >= 0.6 is 0 Å². The molecule has 2 rings (SSSR count). The maximum absolute atomic E-state index is 12.9. The van der Waals surface area contributed by atoms with Crippen molar-refractivity contribution in [1.82, 2.24) is 0 Å². The maximum Gasteiger partial charge on any atom is 0.308 e. The molecular formula is C19H36O2Si. The Hall–Kier alpha value is -0.313. The lowest BCUT2D eigenvalue weighted by Gasteiger charge is -2.40. The van der Waals surface area contributed by atoms with E-state index < -0.39 is 0 Å². The molecule has 0 heterocycles. The fraction of sp³-hybridized carbons (Fsp3) is 0.947. The van der Waals surface area contributed by atoms with Crippen molar-refractivity contribution < 1.29 is 9.53 Å². The Bertz CT molecular complexity index is 341. The Morgan fingerprint density at radius 2 is 1.64 bits per heavy atom. The molecule has 0 bridgehead atoms. The molecule has 0 aromatic heterocycles. The van der Waals surface area contributed by atoms with Crippen LogP contribution in [0, 0.1) is 11.8 Å². The van der Waals surface area contributed by atoms with Gasteiger partial charge in [0.05, 0.1) is 5.04 Å². The zero-order valence-electron chi connectivity index (χ0n) is 15.0. The molecule has 2 aliphatic rings. The van der Waals surface area contributed by atoms with Crippen LogP contribution in [0.15, 0.2) is 0 Å². The fourth-order valence-corrected chi connectivity index (χ4v) is 5.55. The second kappa shape index (κ2) is 8.51. The van der Waals surface area contributed by atoms with E-state index in [1.807, 2.05) is 0 Å². The van der Waals surface area contributed by atoms with Gasteiger partial charge in [-0.2, -0.15) is 0 Å². The van der Waals surface area contributed by atoms with E-state index in [1.54, 1.807) is 0 Å². The lowest BCUT2D eigenvalue weighted by molar-refractivity contribution is -0.156. The van der Waals surface area contributed by atoms with Gasteiger partial charge in [0.25, 0.3) is 0 Å². The van der Waals surface area contributed by atoms with Gasteiger partial charge in [0.15, 0.2) is 0 Å². The molecule has 0 aliphatic heterocycles. The first-order chi connectivity index (χ1) is 10.6. The summed E-state index contributed by atoms with van der Waals surface area (Å²) in [6, 6.07) is 0. The summed E-state index contributed by atoms with van der Waals surface area (Å²) in [5.41, 5.74) is 0. The van der Waals surface area contributed by atoms with Crippen LogP contribution < -0.4 is 0 Å². The van der Waals surface area contributed by atoms with Crippen molar-refractivity contribution in [2.24, 2.45) is 11.8 Å². The molecule has 2 saturated carbocycles. The van der Waals surface area contributed by atoms with E-state index in [0.29, 0.717) is 5.92 Å². The first kappa shape index (κ1) is 18.0. The fourth-order valence-electron chi connectivity index (χ4n) is 4.67. The third kappa shape index (κ3) is 4.59. The lowest BCUT2D eigenvalue weighted by Crippen LogP contribution is -2.38. The van der Waals surface area contributed by atoms with Crippen LogP contribution in [0.5, 0.6) is 0 Å². The number of rotatable bonds is 6. The molecule has 0 spiro atoms. The normalized spacial score (nSPS) is 25.5. The van der Waals surface area contributed by atoms with E-state index in [2.05, 4.69) is 13.8 Å². The standard InChI is InChI=1S/C19H36O2Si/c1-3-10-17(15-11-6-4-7-12-15)19(2,22)18(20)21-16-13-8-5-9-14-16/h15-17H,3-14H2,1-2,22H3. The summed E-state index contributed by atoms with van der Waals surface area (Å²) in [4.78, 5) is 12.9. The van der Waals surface area contributed by atoms with Gasteiger partial charge in [-0.25, -0.2) is 0 Å². The Balaban J connectivity index is 2.00. The van der Waals surface area contributed by atoms with Crippen LogP contribution in [-0.2, 0) is 9.53 Å². The molecule has 0 amide bonds. The Labute approximate surface area is 140 Å². The van der Waals surface area contributed by atoms with E-state index in [-0.39, 0.29) is 17.1 Å². The summed E-state index contributed by atoms with van der Waals surface area (Å²) in [7, 11) is 0.919. The molecule has 2 atom stereocenters. The van der Waals surface area contributed by atoms with Crippen LogP contribution in [-0.4, -0.2) is 22.3 Å². The minimum atomic E-state index is -0.185. The van der Waals surface area contributed by atoms with Crippen molar-refractivity contribution in [3.63, 3.8) is 0 Å². The first-order valence-corrected chi connectivity index (χ1v) is 10.8. The van der Waals surface area contributed by atoms with Gasteiger partial charge in [-0.3, -0.25) is 4.79 Å². The minimum Gasteiger partial charge on any atom is -0.462 e. The summed E-state index contributed by atoms with van der Waals surface area (Å²) in [5.74, 6) is 1.45. The zero-order valence-corrected chi connectivity index (χ0v) is 17.0. The number of carbonyl (C=O) groups excluding carboxylic acids is 1. The molecule has 2 aliphatic carbocycles. The van der Waals surface area contributed by atoms with Gasteiger partial charge in [0.1, 0.15) is 6.10 Å². The molecule has 0 saturated heterocycles. The summed E-state index contributed by atoms with van der Waals surface area (Å²) >= 11 is 0. The van der Waals surface area contributed by atoms with Crippen LogP contribution in [0.2, 0.25) is 5.04 Å². The Morgan fingerprint density at radius 3 is 2.18 bits per heavy atom. The van der Waals surface area contributed by atoms with Gasteiger partial charge in [-0.1, -0.05) is 58.8 Å². The molecule has 2 unspecified atom stereocenters. The molecule has 2 fully saturated rings. The third-order valence-electron chi connectivity index (χ3n) is 6.10.